The van der Waals surface area contributed by atoms with E-state index in [4.69, 9.17) is 0 Å². The van der Waals surface area contributed by atoms with E-state index < -0.39 is 0 Å². The predicted octanol–water partition coefficient (Wildman–Crippen LogP) is 3.73. The minimum absolute atomic E-state index is 0.0165. The lowest BCUT2D eigenvalue weighted by molar-refractivity contribution is -0.125. The van der Waals surface area contributed by atoms with Gasteiger partial charge in [-0.3, -0.25) is 4.79 Å². The standard InChI is InChI=1S/C22H33N3O/c1-14(2)19(23-22(26)15(3)4)13-25-20-8-7-16(5)11-17(20)18-12-24(6)10-9-21(18)25/h7-8,11,14-15,19H,9-10,12-13H2,1-6H3,(H,23,26). The van der Waals surface area contributed by atoms with Crippen molar-refractivity contribution in [2.45, 2.75) is 60.2 Å². The minimum Gasteiger partial charge on any atom is -0.351 e. The molecule has 0 radical (unpaired) electrons. The van der Waals surface area contributed by atoms with Gasteiger partial charge in [0.25, 0.3) is 0 Å². The molecule has 1 aromatic carbocycles. The SMILES string of the molecule is Cc1ccc2c(c1)c1c(n2CC(NC(=O)C(C)C)C(C)C)CCN(C)C1. The van der Waals surface area contributed by atoms with Crippen molar-refractivity contribution in [1.29, 1.82) is 0 Å². The third-order valence-electron chi connectivity index (χ3n) is 5.64. The summed E-state index contributed by atoms with van der Waals surface area (Å²) in [5.74, 6) is 0.551. The Morgan fingerprint density at radius 1 is 1.23 bits per heavy atom. The number of benzene rings is 1. The fourth-order valence-corrected chi connectivity index (χ4v) is 3.88. The van der Waals surface area contributed by atoms with Crippen molar-refractivity contribution in [1.82, 2.24) is 14.8 Å². The van der Waals surface area contributed by atoms with Gasteiger partial charge in [0, 0.05) is 54.6 Å². The Kier molecular flexibility index (Phi) is 5.42. The van der Waals surface area contributed by atoms with Gasteiger partial charge < -0.3 is 14.8 Å². The van der Waals surface area contributed by atoms with E-state index in [2.05, 4.69) is 60.8 Å². The van der Waals surface area contributed by atoms with Crippen molar-refractivity contribution >= 4 is 16.8 Å². The molecule has 1 aromatic heterocycles. The van der Waals surface area contributed by atoms with Crippen LogP contribution in [0.3, 0.4) is 0 Å². The largest absolute Gasteiger partial charge is 0.351 e. The van der Waals surface area contributed by atoms with Crippen LogP contribution in [0.15, 0.2) is 18.2 Å². The summed E-state index contributed by atoms with van der Waals surface area (Å²) in [5.41, 5.74) is 5.53. The summed E-state index contributed by atoms with van der Waals surface area (Å²) in [6.07, 6.45) is 1.07. The first-order valence-corrected chi connectivity index (χ1v) is 9.87. The molecule has 1 atom stereocenters. The number of aromatic nitrogens is 1. The van der Waals surface area contributed by atoms with Crippen molar-refractivity contribution in [2.75, 3.05) is 13.6 Å². The molecule has 0 saturated heterocycles. The van der Waals surface area contributed by atoms with Gasteiger partial charge in [-0.25, -0.2) is 0 Å². The number of carbonyl (C=O) groups is 1. The smallest absolute Gasteiger partial charge is 0.222 e. The van der Waals surface area contributed by atoms with Gasteiger partial charge in [0.05, 0.1) is 0 Å². The monoisotopic (exact) mass is 355 g/mol. The van der Waals surface area contributed by atoms with Gasteiger partial charge in [0.1, 0.15) is 0 Å². The molecule has 1 N–H and O–H groups in total. The van der Waals surface area contributed by atoms with Crippen LogP contribution >= 0.6 is 0 Å². The van der Waals surface area contributed by atoms with E-state index in [-0.39, 0.29) is 17.9 Å². The number of nitrogens with one attached hydrogen (secondary N) is 1. The van der Waals surface area contributed by atoms with Crippen LogP contribution in [0, 0.1) is 18.8 Å². The molecule has 1 amide bonds. The summed E-state index contributed by atoms with van der Waals surface area (Å²) in [6.45, 7) is 13.4. The van der Waals surface area contributed by atoms with Crippen LogP contribution in [0.2, 0.25) is 0 Å². The minimum atomic E-state index is 0.0165. The zero-order valence-electron chi connectivity index (χ0n) is 17.1. The average molecular weight is 356 g/mol. The second kappa shape index (κ2) is 7.43. The number of amides is 1. The highest BCUT2D eigenvalue weighted by atomic mass is 16.1. The first-order valence-electron chi connectivity index (χ1n) is 9.87. The molecule has 4 nitrogen and oxygen atoms in total. The maximum Gasteiger partial charge on any atom is 0.222 e. The Labute approximate surface area is 157 Å². The normalized spacial score (nSPS) is 16.3. The van der Waals surface area contributed by atoms with Gasteiger partial charge >= 0.3 is 0 Å². The Bertz CT molecular complexity index is 803. The van der Waals surface area contributed by atoms with Gasteiger partial charge in [-0.1, -0.05) is 39.3 Å². The summed E-state index contributed by atoms with van der Waals surface area (Å²) in [7, 11) is 2.20. The summed E-state index contributed by atoms with van der Waals surface area (Å²) < 4.78 is 2.47. The van der Waals surface area contributed by atoms with Gasteiger partial charge in [0.2, 0.25) is 5.91 Å². The Morgan fingerprint density at radius 2 is 1.96 bits per heavy atom. The highest BCUT2D eigenvalue weighted by Crippen LogP contribution is 2.32. The molecule has 142 valence electrons. The Balaban J connectivity index is 2.02. The molecule has 1 aliphatic heterocycles. The Hall–Kier alpha value is -1.81. The number of nitrogens with zero attached hydrogens (tertiary/aromatic N) is 2. The summed E-state index contributed by atoms with van der Waals surface area (Å²) in [4.78, 5) is 14.7. The van der Waals surface area contributed by atoms with Crippen LogP contribution in [0.25, 0.3) is 10.9 Å². The predicted molar refractivity (Wildman–Crippen MR) is 108 cm³/mol. The molecular formula is C22H33N3O. The van der Waals surface area contributed by atoms with Gasteiger partial charge in [-0.05, 0) is 37.6 Å². The molecule has 0 bridgehead atoms. The molecule has 4 heteroatoms. The van der Waals surface area contributed by atoms with Crippen LogP contribution < -0.4 is 5.32 Å². The lowest BCUT2D eigenvalue weighted by atomic mass is 10.0. The molecule has 0 saturated carbocycles. The zero-order chi connectivity index (χ0) is 19.0. The number of hydrogen-bond donors (Lipinski definition) is 1. The first kappa shape index (κ1) is 19.0. The van der Waals surface area contributed by atoms with Crippen molar-refractivity contribution < 1.29 is 4.79 Å². The van der Waals surface area contributed by atoms with Crippen molar-refractivity contribution in [3.63, 3.8) is 0 Å². The van der Waals surface area contributed by atoms with Crippen molar-refractivity contribution in [3.05, 3.63) is 35.0 Å². The second-order valence-electron chi connectivity index (χ2n) is 8.56. The third-order valence-corrected chi connectivity index (χ3v) is 5.64. The van der Waals surface area contributed by atoms with Gasteiger partial charge in [-0.2, -0.15) is 0 Å². The van der Waals surface area contributed by atoms with Gasteiger partial charge in [-0.15, -0.1) is 0 Å². The number of rotatable bonds is 5. The summed E-state index contributed by atoms with van der Waals surface area (Å²) in [6, 6.07) is 6.92. The number of aryl methyl sites for hydroxylation is 1. The maximum absolute atomic E-state index is 12.3. The fraction of sp³-hybridized carbons (Fsp3) is 0.591. The lowest BCUT2D eigenvalue weighted by Crippen LogP contribution is -2.43. The van der Waals surface area contributed by atoms with Crippen LogP contribution in [0.4, 0.5) is 0 Å². The number of fused-ring (bicyclic) bond motifs is 3. The van der Waals surface area contributed by atoms with Crippen LogP contribution in [0.1, 0.15) is 44.5 Å². The van der Waals surface area contributed by atoms with Crippen LogP contribution in [-0.2, 0) is 24.3 Å². The first-order chi connectivity index (χ1) is 12.3. The van der Waals surface area contributed by atoms with E-state index in [1.165, 1.54) is 27.7 Å². The van der Waals surface area contributed by atoms with Gasteiger partial charge in [0.15, 0.2) is 0 Å². The average Bonchev–Trinajstić information content (AvgIpc) is 2.86. The molecule has 2 aromatic rings. The lowest BCUT2D eigenvalue weighted by Gasteiger charge is -2.28. The third kappa shape index (κ3) is 3.66. The summed E-state index contributed by atoms with van der Waals surface area (Å²) >= 11 is 0. The van der Waals surface area contributed by atoms with E-state index in [0.29, 0.717) is 5.92 Å². The Morgan fingerprint density at radius 3 is 2.62 bits per heavy atom. The van der Waals surface area contributed by atoms with E-state index in [0.717, 1.165) is 26.1 Å². The van der Waals surface area contributed by atoms with Crippen LogP contribution in [0.5, 0.6) is 0 Å². The van der Waals surface area contributed by atoms with Crippen molar-refractivity contribution in [2.24, 2.45) is 11.8 Å². The van der Waals surface area contributed by atoms with E-state index in [1.807, 2.05) is 13.8 Å². The zero-order valence-corrected chi connectivity index (χ0v) is 17.1. The second-order valence-corrected chi connectivity index (χ2v) is 8.56. The van der Waals surface area contributed by atoms with Crippen LogP contribution in [-0.4, -0.2) is 35.0 Å². The molecule has 1 aliphatic rings. The van der Waals surface area contributed by atoms with E-state index >= 15 is 0 Å². The number of likely N-dealkylation sites (N-methyl/N-ethyl adjacent to an activating group) is 1. The highest BCUT2D eigenvalue weighted by Gasteiger charge is 2.25. The molecule has 0 aliphatic carbocycles. The molecule has 0 spiro atoms. The summed E-state index contributed by atoms with van der Waals surface area (Å²) in [5, 5.41) is 4.65. The highest BCUT2D eigenvalue weighted by molar-refractivity contribution is 5.86. The van der Waals surface area contributed by atoms with Crippen molar-refractivity contribution in [3.8, 4) is 0 Å². The molecular weight excluding hydrogens is 322 g/mol. The molecule has 26 heavy (non-hydrogen) atoms. The van der Waals surface area contributed by atoms with E-state index in [9.17, 15) is 4.79 Å². The maximum atomic E-state index is 12.3. The molecule has 0 fully saturated rings. The topological polar surface area (TPSA) is 37.3 Å². The number of hydrogen-bond acceptors (Lipinski definition) is 2. The van der Waals surface area contributed by atoms with E-state index in [1.54, 1.807) is 0 Å². The molecule has 2 heterocycles. The molecule has 1 unspecified atom stereocenters. The number of carbonyl (C=O) groups excluding carboxylic acids is 1. The molecule has 3 rings (SSSR count). The fourth-order valence-electron chi connectivity index (χ4n) is 3.88. The quantitative estimate of drug-likeness (QED) is 0.887.